The summed E-state index contributed by atoms with van der Waals surface area (Å²) in [5, 5.41) is 0. The minimum Gasteiger partial charge on any atom is -0.459 e. The largest absolute Gasteiger partial charge is 0.459 e. The third-order valence-corrected chi connectivity index (χ3v) is 2.87. The third kappa shape index (κ3) is 4.86. The number of esters is 1. The number of hydrogen-bond acceptors (Lipinski definition) is 2. The summed E-state index contributed by atoms with van der Waals surface area (Å²) in [4.78, 5) is 11.7. The number of ether oxygens (including phenoxy) is 1. The fraction of sp³-hybridized carbons (Fsp3) is 0.533. The normalized spacial score (nSPS) is 12.2. The van der Waals surface area contributed by atoms with E-state index in [0.717, 1.165) is 19.3 Å². The Bertz CT molecular complexity index is 377. The predicted octanol–water partition coefficient (Wildman–Crippen LogP) is 4.34. The van der Waals surface area contributed by atoms with Crippen molar-refractivity contribution in [3.05, 3.63) is 35.6 Å². The van der Waals surface area contributed by atoms with Crippen molar-refractivity contribution in [1.82, 2.24) is 0 Å². The van der Waals surface area contributed by atoms with E-state index < -0.39 is 11.8 Å². The summed E-state index contributed by atoms with van der Waals surface area (Å²) in [6.07, 6.45) is 5.25. The topological polar surface area (TPSA) is 26.3 Å². The number of benzene rings is 1. The van der Waals surface area contributed by atoms with Gasteiger partial charge in [0.2, 0.25) is 0 Å². The molecule has 1 rings (SSSR count). The van der Waals surface area contributed by atoms with E-state index in [4.69, 9.17) is 4.74 Å². The second-order valence-corrected chi connectivity index (χ2v) is 4.55. The van der Waals surface area contributed by atoms with Gasteiger partial charge in [0, 0.05) is 0 Å². The van der Waals surface area contributed by atoms with Crippen LogP contribution in [-0.2, 0) is 4.74 Å². The first-order chi connectivity index (χ1) is 8.65. The highest BCUT2D eigenvalue weighted by molar-refractivity contribution is 5.89. The molecule has 0 aromatic heterocycles. The number of carbonyl (C=O) groups excluding carboxylic acids is 1. The maximum absolute atomic E-state index is 13.3. The quantitative estimate of drug-likeness (QED) is 0.533. The Morgan fingerprint density at radius 2 is 2.00 bits per heavy atom. The van der Waals surface area contributed by atoms with Crippen molar-refractivity contribution in [2.75, 3.05) is 0 Å². The predicted molar refractivity (Wildman–Crippen MR) is 70.0 cm³/mol. The lowest BCUT2D eigenvalue weighted by molar-refractivity contribution is 0.0314. The van der Waals surface area contributed by atoms with Crippen LogP contribution >= 0.6 is 0 Å². The van der Waals surface area contributed by atoms with Gasteiger partial charge in [0.15, 0.2) is 0 Å². The Hall–Kier alpha value is -1.38. The monoisotopic (exact) mass is 252 g/mol. The molecule has 1 aromatic rings. The average molecular weight is 252 g/mol. The summed E-state index contributed by atoms with van der Waals surface area (Å²) in [5.74, 6) is -1.10. The van der Waals surface area contributed by atoms with Crippen LogP contribution in [0.15, 0.2) is 24.3 Å². The molecule has 0 N–H and O–H groups in total. The van der Waals surface area contributed by atoms with Crippen LogP contribution in [0.3, 0.4) is 0 Å². The lowest BCUT2D eigenvalue weighted by Crippen LogP contribution is -2.16. The summed E-state index contributed by atoms with van der Waals surface area (Å²) in [7, 11) is 0. The molecule has 0 aliphatic rings. The summed E-state index contributed by atoms with van der Waals surface area (Å²) in [6, 6.07) is 5.90. The van der Waals surface area contributed by atoms with Gasteiger partial charge in [-0.3, -0.25) is 0 Å². The number of rotatable bonds is 7. The highest BCUT2D eigenvalue weighted by Crippen LogP contribution is 2.12. The first-order valence-electron chi connectivity index (χ1n) is 6.60. The SMILES string of the molecule is CCCCCCC(C)OC(=O)c1ccccc1F. The van der Waals surface area contributed by atoms with E-state index in [2.05, 4.69) is 6.92 Å². The summed E-state index contributed by atoms with van der Waals surface area (Å²) in [5.41, 5.74) is 0.0120. The number of hydrogen-bond donors (Lipinski definition) is 0. The zero-order valence-electron chi connectivity index (χ0n) is 11.1. The molecule has 0 aliphatic carbocycles. The average Bonchev–Trinajstić information content (AvgIpc) is 2.35. The fourth-order valence-electron chi connectivity index (χ4n) is 1.79. The van der Waals surface area contributed by atoms with Crippen molar-refractivity contribution in [2.24, 2.45) is 0 Å². The van der Waals surface area contributed by atoms with Gasteiger partial charge in [0.05, 0.1) is 11.7 Å². The molecule has 0 saturated carbocycles. The zero-order chi connectivity index (χ0) is 13.4. The summed E-state index contributed by atoms with van der Waals surface area (Å²) < 4.78 is 18.6. The van der Waals surface area contributed by atoms with E-state index in [-0.39, 0.29) is 11.7 Å². The summed E-state index contributed by atoms with van der Waals surface area (Å²) >= 11 is 0. The van der Waals surface area contributed by atoms with E-state index in [0.29, 0.717) is 0 Å². The lowest BCUT2D eigenvalue weighted by Gasteiger charge is -2.13. The van der Waals surface area contributed by atoms with Gasteiger partial charge in [-0.05, 0) is 31.9 Å². The summed E-state index contributed by atoms with van der Waals surface area (Å²) in [6.45, 7) is 4.01. The zero-order valence-corrected chi connectivity index (χ0v) is 11.1. The molecule has 0 spiro atoms. The van der Waals surface area contributed by atoms with Crippen molar-refractivity contribution in [3.63, 3.8) is 0 Å². The fourth-order valence-corrected chi connectivity index (χ4v) is 1.79. The van der Waals surface area contributed by atoms with Crippen LogP contribution in [0, 0.1) is 5.82 Å². The molecule has 0 bridgehead atoms. The molecule has 0 aliphatic heterocycles. The Labute approximate surface area is 108 Å². The van der Waals surface area contributed by atoms with E-state index >= 15 is 0 Å². The van der Waals surface area contributed by atoms with Crippen molar-refractivity contribution < 1.29 is 13.9 Å². The van der Waals surface area contributed by atoms with Gasteiger partial charge in [-0.25, -0.2) is 9.18 Å². The van der Waals surface area contributed by atoms with Gasteiger partial charge >= 0.3 is 5.97 Å². The van der Waals surface area contributed by atoms with Gasteiger partial charge in [-0.15, -0.1) is 0 Å². The Kier molecular flexibility index (Phi) is 6.40. The number of carbonyl (C=O) groups is 1. The van der Waals surface area contributed by atoms with Crippen LogP contribution < -0.4 is 0 Å². The van der Waals surface area contributed by atoms with E-state index in [1.165, 1.54) is 25.0 Å². The van der Waals surface area contributed by atoms with Crippen molar-refractivity contribution in [2.45, 2.75) is 52.1 Å². The number of unbranched alkanes of at least 4 members (excludes halogenated alkanes) is 3. The van der Waals surface area contributed by atoms with Crippen LogP contribution in [0.25, 0.3) is 0 Å². The first kappa shape index (κ1) is 14.7. The second-order valence-electron chi connectivity index (χ2n) is 4.55. The Balaban J connectivity index is 2.38. The molecule has 100 valence electrons. The molecule has 0 fully saturated rings. The maximum Gasteiger partial charge on any atom is 0.341 e. The van der Waals surface area contributed by atoms with Gasteiger partial charge < -0.3 is 4.74 Å². The van der Waals surface area contributed by atoms with E-state index in [1.807, 2.05) is 6.92 Å². The van der Waals surface area contributed by atoms with Crippen molar-refractivity contribution in [1.29, 1.82) is 0 Å². The molecule has 0 radical (unpaired) electrons. The van der Waals surface area contributed by atoms with Crippen LogP contribution in [0.2, 0.25) is 0 Å². The first-order valence-corrected chi connectivity index (χ1v) is 6.60. The highest BCUT2D eigenvalue weighted by atomic mass is 19.1. The maximum atomic E-state index is 13.3. The molecule has 1 atom stereocenters. The molecular formula is C15H21FO2. The van der Waals surface area contributed by atoms with E-state index in [9.17, 15) is 9.18 Å². The highest BCUT2D eigenvalue weighted by Gasteiger charge is 2.15. The second kappa shape index (κ2) is 7.85. The van der Waals surface area contributed by atoms with Gasteiger partial charge in [-0.1, -0.05) is 38.3 Å². The smallest absolute Gasteiger partial charge is 0.341 e. The van der Waals surface area contributed by atoms with Crippen LogP contribution in [-0.4, -0.2) is 12.1 Å². The van der Waals surface area contributed by atoms with Crippen LogP contribution in [0.5, 0.6) is 0 Å². The minimum atomic E-state index is -0.573. The molecule has 2 nitrogen and oxygen atoms in total. The molecular weight excluding hydrogens is 231 g/mol. The lowest BCUT2D eigenvalue weighted by atomic mass is 10.1. The van der Waals surface area contributed by atoms with Crippen LogP contribution in [0.1, 0.15) is 56.3 Å². The molecule has 3 heteroatoms. The van der Waals surface area contributed by atoms with Crippen LogP contribution in [0.4, 0.5) is 4.39 Å². The molecule has 1 unspecified atom stereocenters. The van der Waals surface area contributed by atoms with Crippen molar-refractivity contribution in [3.8, 4) is 0 Å². The molecule has 18 heavy (non-hydrogen) atoms. The van der Waals surface area contributed by atoms with Gasteiger partial charge in [-0.2, -0.15) is 0 Å². The minimum absolute atomic E-state index is 0.0120. The molecule has 0 amide bonds. The Morgan fingerprint density at radius 3 is 2.67 bits per heavy atom. The Morgan fingerprint density at radius 1 is 1.28 bits per heavy atom. The van der Waals surface area contributed by atoms with Gasteiger partial charge in [0.1, 0.15) is 5.82 Å². The molecule has 0 heterocycles. The van der Waals surface area contributed by atoms with Gasteiger partial charge in [0.25, 0.3) is 0 Å². The molecule has 0 saturated heterocycles. The van der Waals surface area contributed by atoms with E-state index in [1.54, 1.807) is 12.1 Å². The number of halogens is 1. The van der Waals surface area contributed by atoms with Crippen molar-refractivity contribution >= 4 is 5.97 Å². The third-order valence-electron chi connectivity index (χ3n) is 2.87. The standard InChI is InChI=1S/C15H21FO2/c1-3-4-5-6-9-12(2)18-15(17)13-10-7-8-11-14(13)16/h7-8,10-12H,3-6,9H2,1-2H3. The molecule has 1 aromatic carbocycles.